The van der Waals surface area contributed by atoms with Crippen LogP contribution in [0.25, 0.3) is 0 Å². The van der Waals surface area contributed by atoms with Gasteiger partial charge in [0.1, 0.15) is 0 Å². The number of amides is 2. The molecular formula is C9H14N4O4. The maximum Gasteiger partial charge on any atom is 0.334 e. The smallest absolute Gasteiger partial charge is 0.334 e. The largest absolute Gasteiger partial charge is 0.479 e. The van der Waals surface area contributed by atoms with Gasteiger partial charge in [-0.05, 0) is 6.92 Å². The number of urea groups is 1. The number of carboxylic acids is 1. The van der Waals surface area contributed by atoms with Crippen molar-refractivity contribution in [1.29, 1.82) is 0 Å². The topological polar surface area (TPSA) is 116 Å². The Balaban J connectivity index is 2.37. The lowest BCUT2D eigenvalue weighted by Gasteiger charge is -2.07. The highest BCUT2D eigenvalue weighted by Crippen LogP contribution is 2.03. The van der Waals surface area contributed by atoms with Crippen molar-refractivity contribution in [2.24, 2.45) is 0 Å². The fourth-order valence-electron chi connectivity index (χ4n) is 1.05. The molecule has 0 fully saturated rings. The van der Waals surface area contributed by atoms with Crippen molar-refractivity contribution >= 4 is 17.7 Å². The molecule has 0 saturated heterocycles. The molecule has 1 atom stereocenters. The number of nitrogens with one attached hydrogen (secondary N) is 2. The molecule has 0 bridgehead atoms. The molecule has 1 unspecified atom stereocenters. The number of aliphatic hydroxyl groups is 1. The molecular weight excluding hydrogens is 228 g/mol. The van der Waals surface area contributed by atoms with Crippen LogP contribution in [0, 0.1) is 0 Å². The molecule has 8 heteroatoms. The Morgan fingerprint density at radius 3 is 2.82 bits per heavy atom. The minimum absolute atomic E-state index is 0.358. The van der Waals surface area contributed by atoms with Crippen molar-refractivity contribution in [1.82, 2.24) is 15.1 Å². The summed E-state index contributed by atoms with van der Waals surface area (Å²) in [4.78, 5) is 21.6. The van der Waals surface area contributed by atoms with Gasteiger partial charge in [-0.2, -0.15) is 5.10 Å². The molecule has 0 saturated carbocycles. The van der Waals surface area contributed by atoms with Crippen LogP contribution in [0.2, 0.25) is 0 Å². The van der Waals surface area contributed by atoms with Crippen LogP contribution >= 0.6 is 0 Å². The van der Waals surface area contributed by atoms with Gasteiger partial charge < -0.3 is 20.8 Å². The van der Waals surface area contributed by atoms with Gasteiger partial charge in [-0.1, -0.05) is 0 Å². The number of aliphatic carboxylic acids is 1. The molecule has 94 valence electrons. The molecule has 4 N–H and O–H groups in total. The molecule has 0 radical (unpaired) electrons. The molecule has 0 aromatic carbocycles. The van der Waals surface area contributed by atoms with Gasteiger partial charge >= 0.3 is 12.0 Å². The van der Waals surface area contributed by atoms with E-state index in [1.165, 1.54) is 6.20 Å². The summed E-state index contributed by atoms with van der Waals surface area (Å²) in [5, 5.41) is 25.9. The van der Waals surface area contributed by atoms with Crippen LogP contribution in [0.3, 0.4) is 0 Å². The summed E-state index contributed by atoms with van der Waals surface area (Å²) < 4.78 is 1.63. The lowest BCUT2D eigenvalue weighted by Crippen LogP contribution is -2.38. The summed E-state index contributed by atoms with van der Waals surface area (Å²) in [5.74, 6) is -1.39. The van der Waals surface area contributed by atoms with Crippen molar-refractivity contribution in [3.8, 4) is 0 Å². The van der Waals surface area contributed by atoms with Gasteiger partial charge in [0.25, 0.3) is 0 Å². The number of rotatable bonds is 5. The monoisotopic (exact) mass is 242 g/mol. The van der Waals surface area contributed by atoms with Crippen molar-refractivity contribution in [2.75, 3.05) is 11.9 Å². The first-order valence-corrected chi connectivity index (χ1v) is 5.01. The molecule has 1 aromatic rings. The van der Waals surface area contributed by atoms with E-state index in [1.807, 2.05) is 6.92 Å². The maximum atomic E-state index is 11.3. The van der Waals surface area contributed by atoms with E-state index in [9.17, 15) is 9.59 Å². The number of carbonyl (C=O) groups is 2. The highest BCUT2D eigenvalue weighted by Gasteiger charge is 2.14. The van der Waals surface area contributed by atoms with Crippen LogP contribution in [0.4, 0.5) is 10.5 Å². The Kier molecular flexibility index (Phi) is 4.46. The van der Waals surface area contributed by atoms with Crippen LogP contribution in [-0.4, -0.2) is 44.6 Å². The number of hydrogen-bond acceptors (Lipinski definition) is 4. The van der Waals surface area contributed by atoms with Gasteiger partial charge in [0.05, 0.1) is 18.4 Å². The number of aliphatic hydroxyl groups excluding tert-OH is 1. The minimum Gasteiger partial charge on any atom is -0.479 e. The van der Waals surface area contributed by atoms with Gasteiger partial charge in [-0.25, -0.2) is 9.59 Å². The van der Waals surface area contributed by atoms with Crippen LogP contribution in [0.15, 0.2) is 12.4 Å². The molecule has 2 amide bonds. The second-order valence-corrected chi connectivity index (χ2v) is 3.27. The lowest BCUT2D eigenvalue weighted by molar-refractivity contribution is -0.146. The molecule has 0 aliphatic carbocycles. The highest BCUT2D eigenvalue weighted by molar-refractivity contribution is 5.89. The zero-order chi connectivity index (χ0) is 12.8. The Morgan fingerprint density at radius 2 is 2.29 bits per heavy atom. The second-order valence-electron chi connectivity index (χ2n) is 3.27. The van der Waals surface area contributed by atoms with E-state index in [4.69, 9.17) is 10.2 Å². The van der Waals surface area contributed by atoms with Gasteiger partial charge in [-0.15, -0.1) is 0 Å². The van der Waals surface area contributed by atoms with Crippen LogP contribution < -0.4 is 10.6 Å². The summed E-state index contributed by atoms with van der Waals surface area (Å²) in [7, 11) is 0. The molecule has 1 rings (SSSR count). The molecule has 1 heterocycles. The fraction of sp³-hybridized carbons (Fsp3) is 0.444. The van der Waals surface area contributed by atoms with E-state index in [-0.39, 0.29) is 6.54 Å². The van der Waals surface area contributed by atoms with Crippen LogP contribution in [0.5, 0.6) is 0 Å². The van der Waals surface area contributed by atoms with E-state index in [0.29, 0.717) is 12.2 Å². The third kappa shape index (κ3) is 4.11. The van der Waals surface area contributed by atoms with Crippen molar-refractivity contribution in [3.05, 3.63) is 12.4 Å². The number of carbonyl (C=O) groups excluding carboxylic acids is 1. The van der Waals surface area contributed by atoms with Crippen molar-refractivity contribution in [3.63, 3.8) is 0 Å². The van der Waals surface area contributed by atoms with Crippen LogP contribution in [0.1, 0.15) is 6.92 Å². The van der Waals surface area contributed by atoms with Gasteiger partial charge in [-0.3, -0.25) is 4.68 Å². The number of hydrogen-bond donors (Lipinski definition) is 4. The second kappa shape index (κ2) is 5.85. The minimum atomic E-state index is -1.61. The number of anilines is 1. The predicted molar refractivity (Wildman–Crippen MR) is 58.6 cm³/mol. The van der Waals surface area contributed by atoms with Gasteiger partial charge in [0.2, 0.25) is 0 Å². The zero-order valence-electron chi connectivity index (χ0n) is 9.25. The molecule has 17 heavy (non-hydrogen) atoms. The highest BCUT2D eigenvalue weighted by atomic mass is 16.4. The molecule has 0 aliphatic rings. The summed E-state index contributed by atoms with van der Waals surface area (Å²) >= 11 is 0. The Bertz CT molecular complexity index is 403. The Hall–Kier alpha value is -2.09. The summed E-state index contributed by atoms with van der Waals surface area (Å²) in [6.07, 6.45) is 1.49. The number of aromatic nitrogens is 2. The van der Waals surface area contributed by atoms with E-state index < -0.39 is 18.1 Å². The number of nitrogens with zero attached hydrogens (tertiary/aromatic N) is 2. The normalized spacial score (nSPS) is 11.9. The summed E-state index contributed by atoms with van der Waals surface area (Å²) in [5.41, 5.74) is 0.495. The third-order valence-electron chi connectivity index (χ3n) is 1.96. The first-order chi connectivity index (χ1) is 8.02. The quantitative estimate of drug-likeness (QED) is 0.554. The Morgan fingerprint density at radius 1 is 1.59 bits per heavy atom. The number of aryl methyl sites for hydroxylation is 1. The van der Waals surface area contributed by atoms with Crippen molar-refractivity contribution in [2.45, 2.75) is 19.6 Å². The fourth-order valence-corrected chi connectivity index (χ4v) is 1.05. The van der Waals surface area contributed by atoms with E-state index in [0.717, 1.165) is 0 Å². The molecule has 0 aliphatic heterocycles. The average molecular weight is 242 g/mol. The standard InChI is InChI=1S/C9H14N4O4/c1-2-13-5-6(3-11-13)12-9(17)10-4-7(14)8(15)16/h3,5,7,14H,2,4H2,1H3,(H,15,16)(H2,10,12,17). The van der Waals surface area contributed by atoms with E-state index in [2.05, 4.69) is 15.7 Å². The first kappa shape index (κ1) is 13.0. The summed E-state index contributed by atoms with van der Waals surface area (Å²) in [6, 6.07) is -0.596. The third-order valence-corrected chi connectivity index (χ3v) is 1.96. The molecule has 0 spiro atoms. The maximum absolute atomic E-state index is 11.3. The molecule has 8 nitrogen and oxygen atoms in total. The number of carboxylic acid groups (broad SMARTS) is 1. The SMILES string of the molecule is CCn1cc(NC(=O)NCC(O)C(=O)O)cn1. The molecule has 1 aromatic heterocycles. The zero-order valence-corrected chi connectivity index (χ0v) is 9.25. The van der Waals surface area contributed by atoms with E-state index >= 15 is 0 Å². The van der Waals surface area contributed by atoms with Crippen LogP contribution in [-0.2, 0) is 11.3 Å². The Labute approximate surface area is 97.2 Å². The average Bonchev–Trinajstić information content (AvgIpc) is 2.73. The summed E-state index contributed by atoms with van der Waals surface area (Å²) in [6.45, 7) is 2.23. The predicted octanol–water partition coefficient (Wildman–Crippen LogP) is -0.530. The van der Waals surface area contributed by atoms with Crippen molar-refractivity contribution < 1.29 is 19.8 Å². The lowest BCUT2D eigenvalue weighted by atomic mass is 10.4. The first-order valence-electron chi connectivity index (χ1n) is 5.01. The van der Waals surface area contributed by atoms with Gasteiger partial charge in [0, 0.05) is 12.7 Å². The van der Waals surface area contributed by atoms with Gasteiger partial charge in [0.15, 0.2) is 6.10 Å². The van der Waals surface area contributed by atoms with E-state index in [1.54, 1.807) is 10.9 Å².